The van der Waals surface area contributed by atoms with E-state index in [1.165, 1.54) is 0 Å². The molecule has 1 aromatic carbocycles. The number of rotatable bonds is 6. The molecule has 0 aliphatic carbocycles. The first-order valence-electron chi connectivity index (χ1n) is 7.71. The molecule has 0 amide bonds. The molecule has 130 valence electrons. The molecular weight excluding hydrogens is 354 g/mol. The average Bonchev–Trinajstić information content (AvgIpc) is 3.07. The van der Waals surface area contributed by atoms with Crippen molar-refractivity contribution in [2.24, 2.45) is 0 Å². The molecule has 0 radical (unpaired) electrons. The summed E-state index contributed by atoms with van der Waals surface area (Å²) in [5.41, 5.74) is 3.04. The fourth-order valence-electron chi connectivity index (χ4n) is 2.38. The number of hydrogen-bond donors (Lipinski definition) is 0. The minimum atomic E-state index is 0.707. The van der Waals surface area contributed by atoms with E-state index < -0.39 is 0 Å². The van der Waals surface area contributed by atoms with Gasteiger partial charge in [-0.1, -0.05) is 11.8 Å². The Balaban J connectivity index is 1.74. The van der Waals surface area contributed by atoms with Gasteiger partial charge in [0, 0.05) is 22.4 Å². The molecule has 0 unspecified atom stereocenters. The van der Waals surface area contributed by atoms with Crippen molar-refractivity contribution in [3.05, 3.63) is 46.9 Å². The van der Waals surface area contributed by atoms with Gasteiger partial charge in [-0.25, -0.2) is 15.0 Å². The second-order valence-electron chi connectivity index (χ2n) is 5.40. The summed E-state index contributed by atoms with van der Waals surface area (Å²) in [5.74, 6) is 3.00. The third-order valence-electron chi connectivity index (χ3n) is 3.49. The van der Waals surface area contributed by atoms with Gasteiger partial charge >= 0.3 is 0 Å². The fraction of sp³-hybridized carbons (Fsp3) is 0.278. The largest absolute Gasteiger partial charge is 0.493 e. The van der Waals surface area contributed by atoms with Crippen LogP contribution in [-0.2, 0) is 5.75 Å². The van der Waals surface area contributed by atoms with Gasteiger partial charge in [-0.15, -0.1) is 11.3 Å². The van der Waals surface area contributed by atoms with E-state index in [-0.39, 0.29) is 0 Å². The van der Waals surface area contributed by atoms with Gasteiger partial charge in [-0.3, -0.25) is 0 Å². The summed E-state index contributed by atoms with van der Waals surface area (Å²) in [6, 6.07) is 7.84. The van der Waals surface area contributed by atoms with E-state index in [0.717, 1.165) is 38.6 Å². The predicted molar refractivity (Wildman–Crippen MR) is 102 cm³/mol. The van der Waals surface area contributed by atoms with Gasteiger partial charge in [0.05, 0.1) is 19.9 Å². The molecule has 0 bridgehead atoms. The minimum Gasteiger partial charge on any atom is -0.493 e. The van der Waals surface area contributed by atoms with E-state index in [1.807, 2.05) is 38.1 Å². The molecule has 2 heterocycles. The summed E-state index contributed by atoms with van der Waals surface area (Å²) in [4.78, 5) is 13.5. The van der Waals surface area contributed by atoms with Gasteiger partial charge in [-0.2, -0.15) is 0 Å². The van der Waals surface area contributed by atoms with Crippen molar-refractivity contribution in [3.8, 4) is 22.1 Å². The lowest BCUT2D eigenvalue weighted by molar-refractivity contribution is 0.355. The quantitative estimate of drug-likeness (QED) is 0.467. The van der Waals surface area contributed by atoms with Crippen molar-refractivity contribution in [2.75, 3.05) is 14.2 Å². The van der Waals surface area contributed by atoms with Crippen LogP contribution in [0.2, 0.25) is 0 Å². The third kappa shape index (κ3) is 4.29. The minimum absolute atomic E-state index is 0.707. The Hall–Kier alpha value is -2.12. The van der Waals surface area contributed by atoms with Gasteiger partial charge < -0.3 is 9.47 Å². The van der Waals surface area contributed by atoms with Gasteiger partial charge in [0.1, 0.15) is 15.9 Å². The molecule has 5 nitrogen and oxygen atoms in total. The molecule has 0 saturated carbocycles. The molecule has 3 aromatic rings. The Morgan fingerprint density at radius 3 is 2.52 bits per heavy atom. The summed E-state index contributed by atoms with van der Waals surface area (Å²) < 4.78 is 10.6. The van der Waals surface area contributed by atoms with Crippen LogP contribution in [0.15, 0.2) is 34.7 Å². The van der Waals surface area contributed by atoms with Crippen molar-refractivity contribution in [1.82, 2.24) is 15.0 Å². The second-order valence-corrected chi connectivity index (χ2v) is 7.25. The van der Waals surface area contributed by atoms with Crippen molar-refractivity contribution in [2.45, 2.75) is 24.6 Å². The highest BCUT2D eigenvalue weighted by atomic mass is 32.2. The zero-order valence-electron chi connectivity index (χ0n) is 14.6. The molecule has 3 rings (SSSR count). The number of nitrogens with zero attached hydrogens (tertiary/aromatic N) is 3. The maximum absolute atomic E-state index is 5.37. The number of methoxy groups -OCH3 is 2. The molecule has 7 heteroatoms. The van der Waals surface area contributed by atoms with E-state index in [0.29, 0.717) is 11.5 Å². The lowest BCUT2D eigenvalue weighted by Gasteiger charge is -2.08. The summed E-state index contributed by atoms with van der Waals surface area (Å²) in [7, 11) is 3.27. The summed E-state index contributed by atoms with van der Waals surface area (Å²) in [6.07, 6.45) is 0. The number of benzene rings is 1. The topological polar surface area (TPSA) is 57.1 Å². The van der Waals surface area contributed by atoms with Crippen LogP contribution in [0.25, 0.3) is 10.6 Å². The van der Waals surface area contributed by atoms with Crippen molar-refractivity contribution in [3.63, 3.8) is 0 Å². The van der Waals surface area contributed by atoms with E-state index in [4.69, 9.17) is 14.5 Å². The predicted octanol–water partition coefficient (Wildman–Crippen LogP) is 4.53. The summed E-state index contributed by atoms with van der Waals surface area (Å²) >= 11 is 3.30. The normalized spacial score (nSPS) is 10.7. The van der Waals surface area contributed by atoms with Crippen LogP contribution in [0.5, 0.6) is 11.5 Å². The second kappa shape index (κ2) is 7.84. The maximum atomic E-state index is 5.37. The van der Waals surface area contributed by atoms with Crippen LogP contribution < -0.4 is 9.47 Å². The Morgan fingerprint density at radius 2 is 1.80 bits per heavy atom. The van der Waals surface area contributed by atoms with E-state index in [2.05, 4.69) is 15.3 Å². The molecule has 0 saturated heterocycles. The SMILES string of the molecule is COc1ccc(-c2nc(CSc3cc(C)nc(C)n3)cs2)cc1OC. The monoisotopic (exact) mass is 373 g/mol. The van der Waals surface area contributed by atoms with Gasteiger partial charge in [0.15, 0.2) is 11.5 Å². The molecule has 0 spiro atoms. The zero-order valence-corrected chi connectivity index (χ0v) is 16.2. The first-order valence-corrected chi connectivity index (χ1v) is 9.57. The highest BCUT2D eigenvalue weighted by Crippen LogP contribution is 2.34. The first-order chi connectivity index (χ1) is 12.1. The molecule has 0 fully saturated rings. The molecule has 0 atom stereocenters. The highest BCUT2D eigenvalue weighted by molar-refractivity contribution is 7.98. The van der Waals surface area contributed by atoms with Crippen molar-refractivity contribution < 1.29 is 9.47 Å². The number of thioether (sulfide) groups is 1. The number of aryl methyl sites for hydroxylation is 2. The first kappa shape index (κ1) is 17.7. The number of thiazole rings is 1. The molecule has 0 aliphatic rings. The smallest absolute Gasteiger partial charge is 0.161 e. The standard InChI is InChI=1S/C18H19N3O2S2/c1-11-7-17(20-12(2)19-11)24-9-14-10-25-18(21-14)13-5-6-15(22-3)16(8-13)23-4/h5-8,10H,9H2,1-4H3. The number of ether oxygens (including phenoxy) is 2. The van der Waals surface area contributed by atoms with E-state index in [1.54, 1.807) is 37.3 Å². The van der Waals surface area contributed by atoms with Gasteiger partial charge in [0.2, 0.25) is 0 Å². The summed E-state index contributed by atoms with van der Waals surface area (Å²) in [5, 5.41) is 4.03. The molecular formula is C18H19N3O2S2. The van der Waals surface area contributed by atoms with Gasteiger partial charge in [0.25, 0.3) is 0 Å². The Labute approximate surface area is 155 Å². The fourth-order valence-corrected chi connectivity index (χ4v) is 4.20. The van der Waals surface area contributed by atoms with Crippen LogP contribution in [-0.4, -0.2) is 29.2 Å². The third-order valence-corrected chi connectivity index (χ3v) is 5.38. The molecule has 25 heavy (non-hydrogen) atoms. The van der Waals surface area contributed by atoms with Crippen molar-refractivity contribution in [1.29, 1.82) is 0 Å². The Bertz CT molecular complexity index is 860. The lowest BCUT2D eigenvalue weighted by Crippen LogP contribution is -1.93. The number of hydrogen-bond acceptors (Lipinski definition) is 7. The van der Waals surface area contributed by atoms with Gasteiger partial charge in [-0.05, 0) is 38.1 Å². The zero-order chi connectivity index (χ0) is 17.8. The molecule has 0 N–H and O–H groups in total. The molecule has 0 aliphatic heterocycles. The van der Waals surface area contributed by atoms with E-state index >= 15 is 0 Å². The molecule has 2 aromatic heterocycles. The summed E-state index contributed by atoms with van der Waals surface area (Å²) in [6.45, 7) is 3.89. The van der Waals surface area contributed by atoms with E-state index in [9.17, 15) is 0 Å². The van der Waals surface area contributed by atoms with Crippen LogP contribution in [0.4, 0.5) is 0 Å². The van der Waals surface area contributed by atoms with Crippen LogP contribution in [0, 0.1) is 13.8 Å². The van der Waals surface area contributed by atoms with Crippen LogP contribution in [0.3, 0.4) is 0 Å². The van der Waals surface area contributed by atoms with Crippen LogP contribution >= 0.6 is 23.1 Å². The maximum Gasteiger partial charge on any atom is 0.161 e. The Kier molecular flexibility index (Phi) is 5.55. The number of aromatic nitrogens is 3. The average molecular weight is 374 g/mol. The lowest BCUT2D eigenvalue weighted by atomic mass is 10.2. The highest BCUT2D eigenvalue weighted by Gasteiger charge is 2.10. The van der Waals surface area contributed by atoms with Crippen LogP contribution in [0.1, 0.15) is 17.2 Å². The Morgan fingerprint density at radius 1 is 1.00 bits per heavy atom. The van der Waals surface area contributed by atoms with Crippen molar-refractivity contribution >= 4 is 23.1 Å².